The standard InChI is InChI=1S/C17H20N2O2S/c1-12-5-7-17(8-6-12)22(20,21)19-18-15(4)16-10-13(2)9-14(3)11-16/h5-11,19H,1-4H3/b18-15+. The van der Waals surface area contributed by atoms with E-state index in [0.29, 0.717) is 5.71 Å². The van der Waals surface area contributed by atoms with Gasteiger partial charge in [-0.1, -0.05) is 47.0 Å². The Bertz CT molecular complexity index is 787. The van der Waals surface area contributed by atoms with Gasteiger partial charge < -0.3 is 0 Å². The summed E-state index contributed by atoms with van der Waals surface area (Å²) >= 11 is 0. The monoisotopic (exact) mass is 316 g/mol. The van der Waals surface area contributed by atoms with E-state index in [4.69, 9.17) is 0 Å². The van der Waals surface area contributed by atoms with Gasteiger partial charge in [0.25, 0.3) is 10.0 Å². The molecule has 0 amide bonds. The fourth-order valence-electron chi connectivity index (χ4n) is 2.15. The van der Waals surface area contributed by atoms with E-state index in [-0.39, 0.29) is 4.90 Å². The minimum Gasteiger partial charge on any atom is -0.200 e. The lowest BCUT2D eigenvalue weighted by Crippen LogP contribution is -2.20. The Morgan fingerprint density at radius 3 is 2.00 bits per heavy atom. The molecule has 2 aromatic rings. The van der Waals surface area contributed by atoms with Crippen molar-refractivity contribution in [3.05, 3.63) is 64.7 Å². The summed E-state index contributed by atoms with van der Waals surface area (Å²) in [6, 6.07) is 12.7. The Labute approximate surface area is 131 Å². The Morgan fingerprint density at radius 1 is 0.909 bits per heavy atom. The number of aryl methyl sites for hydroxylation is 3. The first-order valence-electron chi connectivity index (χ1n) is 6.99. The van der Waals surface area contributed by atoms with Crippen molar-refractivity contribution in [3.8, 4) is 0 Å². The van der Waals surface area contributed by atoms with Gasteiger partial charge in [-0.05, 0) is 45.4 Å². The van der Waals surface area contributed by atoms with Gasteiger partial charge in [-0.25, -0.2) is 0 Å². The molecule has 0 spiro atoms. The third-order valence-electron chi connectivity index (χ3n) is 3.30. The molecule has 0 aliphatic carbocycles. The summed E-state index contributed by atoms with van der Waals surface area (Å²) in [6.45, 7) is 7.69. The SMILES string of the molecule is C/C(=N\NS(=O)(=O)c1ccc(C)cc1)c1cc(C)cc(C)c1. The van der Waals surface area contributed by atoms with E-state index in [2.05, 4.69) is 16.0 Å². The third kappa shape index (κ3) is 3.95. The molecule has 0 saturated heterocycles. The van der Waals surface area contributed by atoms with Crippen LogP contribution in [0.15, 0.2) is 52.5 Å². The van der Waals surface area contributed by atoms with Crippen LogP contribution in [0.5, 0.6) is 0 Å². The van der Waals surface area contributed by atoms with E-state index in [0.717, 1.165) is 22.3 Å². The number of nitrogens with one attached hydrogen (secondary N) is 1. The van der Waals surface area contributed by atoms with E-state index in [1.54, 1.807) is 31.2 Å². The maximum atomic E-state index is 12.2. The molecular formula is C17H20N2O2S. The van der Waals surface area contributed by atoms with Crippen molar-refractivity contribution >= 4 is 15.7 Å². The van der Waals surface area contributed by atoms with Crippen molar-refractivity contribution in [1.29, 1.82) is 0 Å². The van der Waals surface area contributed by atoms with Crippen molar-refractivity contribution in [2.24, 2.45) is 5.10 Å². The van der Waals surface area contributed by atoms with Gasteiger partial charge in [-0.2, -0.15) is 18.4 Å². The van der Waals surface area contributed by atoms with Crippen LogP contribution in [0.4, 0.5) is 0 Å². The number of benzene rings is 2. The zero-order valence-electron chi connectivity index (χ0n) is 13.2. The molecule has 0 radical (unpaired) electrons. The molecule has 2 aromatic carbocycles. The molecule has 0 aliphatic heterocycles. The molecule has 0 atom stereocenters. The first kappa shape index (κ1) is 16.2. The smallest absolute Gasteiger partial charge is 0.200 e. The average Bonchev–Trinajstić information content (AvgIpc) is 2.44. The molecule has 0 heterocycles. The highest BCUT2D eigenvalue weighted by Crippen LogP contribution is 2.12. The van der Waals surface area contributed by atoms with Gasteiger partial charge in [0, 0.05) is 0 Å². The van der Waals surface area contributed by atoms with Crippen LogP contribution >= 0.6 is 0 Å². The number of hydrogen-bond donors (Lipinski definition) is 1. The molecule has 0 saturated carbocycles. The highest BCUT2D eigenvalue weighted by molar-refractivity contribution is 7.89. The van der Waals surface area contributed by atoms with Gasteiger partial charge in [0.1, 0.15) is 0 Å². The molecule has 0 aliphatic rings. The molecule has 5 heteroatoms. The van der Waals surface area contributed by atoms with E-state index < -0.39 is 10.0 Å². The molecule has 116 valence electrons. The van der Waals surface area contributed by atoms with Gasteiger partial charge in [-0.15, -0.1) is 0 Å². The van der Waals surface area contributed by atoms with Gasteiger partial charge in [-0.3, -0.25) is 0 Å². The van der Waals surface area contributed by atoms with Crippen LogP contribution in [0.1, 0.15) is 29.2 Å². The van der Waals surface area contributed by atoms with Gasteiger partial charge in [0.05, 0.1) is 10.6 Å². The van der Waals surface area contributed by atoms with E-state index >= 15 is 0 Å². The second-order valence-electron chi connectivity index (χ2n) is 5.48. The molecule has 2 rings (SSSR count). The number of hydrogen-bond acceptors (Lipinski definition) is 3. The van der Waals surface area contributed by atoms with Crippen LogP contribution in [0.2, 0.25) is 0 Å². The van der Waals surface area contributed by atoms with Crippen LogP contribution in [0, 0.1) is 20.8 Å². The third-order valence-corrected chi connectivity index (χ3v) is 4.53. The molecule has 0 bridgehead atoms. The number of nitrogens with zero attached hydrogens (tertiary/aromatic N) is 1. The fourth-order valence-corrected chi connectivity index (χ4v) is 3.00. The summed E-state index contributed by atoms with van der Waals surface area (Å²) in [7, 11) is -3.64. The molecule has 22 heavy (non-hydrogen) atoms. The summed E-state index contributed by atoms with van der Waals surface area (Å²) in [5.74, 6) is 0. The quantitative estimate of drug-likeness (QED) is 0.695. The van der Waals surface area contributed by atoms with E-state index in [9.17, 15) is 8.42 Å². The van der Waals surface area contributed by atoms with Crippen LogP contribution < -0.4 is 4.83 Å². The Hall–Kier alpha value is -2.14. The zero-order chi connectivity index (χ0) is 16.3. The first-order chi connectivity index (χ1) is 10.3. The molecular weight excluding hydrogens is 296 g/mol. The van der Waals surface area contributed by atoms with Crippen molar-refractivity contribution in [1.82, 2.24) is 4.83 Å². The van der Waals surface area contributed by atoms with Crippen LogP contribution in [0.25, 0.3) is 0 Å². The summed E-state index contributed by atoms with van der Waals surface area (Å²) < 4.78 is 24.4. The first-order valence-corrected chi connectivity index (χ1v) is 8.48. The Morgan fingerprint density at radius 2 is 1.45 bits per heavy atom. The maximum absolute atomic E-state index is 12.2. The largest absolute Gasteiger partial charge is 0.276 e. The summed E-state index contributed by atoms with van der Waals surface area (Å²) in [6.07, 6.45) is 0. The lowest BCUT2D eigenvalue weighted by Gasteiger charge is -2.07. The highest BCUT2D eigenvalue weighted by Gasteiger charge is 2.12. The lowest BCUT2D eigenvalue weighted by atomic mass is 10.0. The summed E-state index contributed by atoms with van der Waals surface area (Å²) in [4.78, 5) is 2.50. The number of sulfonamides is 1. The topological polar surface area (TPSA) is 58.5 Å². The van der Waals surface area contributed by atoms with Crippen LogP contribution in [-0.4, -0.2) is 14.1 Å². The van der Waals surface area contributed by atoms with E-state index in [1.807, 2.05) is 32.9 Å². The number of rotatable bonds is 4. The lowest BCUT2D eigenvalue weighted by molar-refractivity contribution is 0.584. The Balaban J connectivity index is 2.24. The normalized spacial score (nSPS) is 12.3. The predicted octanol–water partition coefficient (Wildman–Crippen LogP) is 3.31. The molecule has 1 N–H and O–H groups in total. The summed E-state index contributed by atoms with van der Waals surface area (Å²) in [5, 5.41) is 4.03. The van der Waals surface area contributed by atoms with Crippen LogP contribution in [-0.2, 0) is 10.0 Å². The Kier molecular flexibility index (Phi) is 4.66. The maximum Gasteiger partial charge on any atom is 0.276 e. The molecule has 0 unspecified atom stereocenters. The van der Waals surface area contributed by atoms with Crippen molar-refractivity contribution in [3.63, 3.8) is 0 Å². The minimum absolute atomic E-state index is 0.204. The van der Waals surface area contributed by atoms with Crippen molar-refractivity contribution in [2.45, 2.75) is 32.6 Å². The highest BCUT2D eigenvalue weighted by atomic mass is 32.2. The molecule has 0 aromatic heterocycles. The molecule has 4 nitrogen and oxygen atoms in total. The summed E-state index contributed by atoms with van der Waals surface area (Å²) in [5.41, 5.74) is 4.78. The average molecular weight is 316 g/mol. The minimum atomic E-state index is -3.64. The zero-order valence-corrected chi connectivity index (χ0v) is 14.0. The second-order valence-corrected chi connectivity index (χ2v) is 7.14. The second kappa shape index (κ2) is 6.32. The van der Waals surface area contributed by atoms with Crippen molar-refractivity contribution in [2.75, 3.05) is 0 Å². The predicted molar refractivity (Wildman–Crippen MR) is 89.6 cm³/mol. The molecule has 0 fully saturated rings. The van der Waals surface area contributed by atoms with Crippen LogP contribution in [0.3, 0.4) is 0 Å². The van der Waals surface area contributed by atoms with Gasteiger partial charge >= 0.3 is 0 Å². The van der Waals surface area contributed by atoms with E-state index in [1.165, 1.54) is 0 Å². The number of hydrazone groups is 1. The fraction of sp³-hybridized carbons (Fsp3) is 0.235. The van der Waals surface area contributed by atoms with Crippen molar-refractivity contribution < 1.29 is 8.42 Å². The van der Waals surface area contributed by atoms with Gasteiger partial charge in [0.2, 0.25) is 0 Å². The van der Waals surface area contributed by atoms with Gasteiger partial charge in [0.15, 0.2) is 0 Å².